The van der Waals surface area contributed by atoms with Crippen LogP contribution in [0.25, 0.3) is 10.9 Å². The van der Waals surface area contributed by atoms with E-state index in [-0.39, 0.29) is 16.8 Å². The van der Waals surface area contributed by atoms with Gasteiger partial charge in [0.1, 0.15) is 12.1 Å². The second-order valence-electron chi connectivity index (χ2n) is 6.52. The smallest absolute Gasteiger partial charge is 0.258 e. The molecular weight excluding hydrogens is 373 g/mol. The maximum Gasteiger partial charge on any atom is 0.258 e. The molecule has 4 aromatic rings. The van der Waals surface area contributed by atoms with Gasteiger partial charge in [0, 0.05) is 23.6 Å². The topological polar surface area (TPSA) is 87.1 Å². The van der Waals surface area contributed by atoms with E-state index in [0.717, 1.165) is 22.5 Å². The molecule has 146 valence electrons. The van der Waals surface area contributed by atoms with Gasteiger partial charge in [-0.05, 0) is 42.3 Å². The number of para-hydroxylation sites is 1. The molecule has 0 spiro atoms. The first-order chi connectivity index (χ1) is 14.1. The predicted molar refractivity (Wildman–Crippen MR) is 107 cm³/mol. The normalized spacial score (nSPS) is 10.8. The van der Waals surface area contributed by atoms with Crippen LogP contribution in [0.3, 0.4) is 0 Å². The van der Waals surface area contributed by atoms with E-state index < -0.39 is 17.6 Å². The third kappa shape index (κ3) is 4.03. The average Bonchev–Trinajstić information content (AvgIpc) is 3.38. The number of fused-ring (bicyclic) bond motifs is 1. The molecule has 0 radical (unpaired) electrons. The van der Waals surface area contributed by atoms with E-state index in [9.17, 15) is 14.0 Å². The fraction of sp³-hybridized carbons (Fsp3) is 0.0909. The Bertz CT molecular complexity index is 1170. The van der Waals surface area contributed by atoms with E-state index in [1.54, 1.807) is 0 Å². The van der Waals surface area contributed by atoms with Crippen molar-refractivity contribution in [1.82, 2.24) is 10.3 Å². The number of carbonyl (C=O) groups excluding carboxylic acids is 2. The highest BCUT2D eigenvalue weighted by Gasteiger charge is 2.16. The Morgan fingerprint density at radius 1 is 1.07 bits per heavy atom. The molecule has 7 heteroatoms. The van der Waals surface area contributed by atoms with Crippen LogP contribution >= 0.6 is 0 Å². The lowest BCUT2D eigenvalue weighted by Crippen LogP contribution is -2.27. The number of halogens is 1. The van der Waals surface area contributed by atoms with Crippen LogP contribution in [0.2, 0.25) is 0 Å². The van der Waals surface area contributed by atoms with Crippen molar-refractivity contribution in [3.05, 3.63) is 89.8 Å². The molecule has 2 aromatic carbocycles. The molecule has 2 heterocycles. The van der Waals surface area contributed by atoms with Crippen LogP contribution in [-0.2, 0) is 6.42 Å². The summed E-state index contributed by atoms with van der Waals surface area (Å²) in [4.78, 5) is 28.1. The molecule has 0 aliphatic heterocycles. The summed E-state index contributed by atoms with van der Waals surface area (Å²) in [5.74, 6) is -1.44. The van der Waals surface area contributed by atoms with Crippen molar-refractivity contribution < 1.29 is 18.4 Å². The number of rotatable bonds is 6. The number of aromatic nitrogens is 1. The molecule has 2 aromatic heterocycles. The van der Waals surface area contributed by atoms with Crippen LogP contribution in [0.5, 0.6) is 0 Å². The second kappa shape index (κ2) is 8.02. The van der Waals surface area contributed by atoms with Crippen molar-refractivity contribution >= 4 is 28.4 Å². The second-order valence-corrected chi connectivity index (χ2v) is 6.52. The Morgan fingerprint density at radius 2 is 1.93 bits per heavy atom. The molecule has 0 aliphatic rings. The van der Waals surface area contributed by atoms with Gasteiger partial charge in [0.25, 0.3) is 11.8 Å². The Kier molecular flexibility index (Phi) is 5.11. The predicted octanol–water partition coefficient (Wildman–Crippen LogP) is 4.12. The minimum Gasteiger partial charge on any atom is -0.472 e. The van der Waals surface area contributed by atoms with Crippen molar-refractivity contribution in [2.75, 3.05) is 11.9 Å². The zero-order valence-electron chi connectivity index (χ0n) is 15.4. The van der Waals surface area contributed by atoms with E-state index >= 15 is 0 Å². The minimum atomic E-state index is -0.553. The van der Waals surface area contributed by atoms with Gasteiger partial charge in [-0.15, -0.1) is 0 Å². The quantitative estimate of drug-likeness (QED) is 0.462. The zero-order valence-corrected chi connectivity index (χ0v) is 15.4. The number of benzene rings is 2. The van der Waals surface area contributed by atoms with Crippen LogP contribution in [0, 0.1) is 5.82 Å². The van der Waals surface area contributed by atoms with E-state index in [2.05, 4.69) is 15.6 Å². The molecule has 0 saturated carbocycles. The molecule has 29 heavy (non-hydrogen) atoms. The van der Waals surface area contributed by atoms with Gasteiger partial charge < -0.3 is 20.0 Å². The number of hydrogen-bond acceptors (Lipinski definition) is 3. The number of carbonyl (C=O) groups is 2. The van der Waals surface area contributed by atoms with Crippen LogP contribution in [0.1, 0.15) is 26.3 Å². The fourth-order valence-corrected chi connectivity index (χ4v) is 3.15. The maximum atomic E-state index is 13.7. The van der Waals surface area contributed by atoms with Crippen molar-refractivity contribution in [3.63, 3.8) is 0 Å². The summed E-state index contributed by atoms with van der Waals surface area (Å²) in [6, 6.07) is 13.1. The number of anilines is 1. The van der Waals surface area contributed by atoms with Crippen molar-refractivity contribution in [1.29, 1.82) is 0 Å². The molecule has 0 atom stereocenters. The third-order valence-electron chi connectivity index (χ3n) is 4.61. The molecule has 6 nitrogen and oxygen atoms in total. The van der Waals surface area contributed by atoms with Gasteiger partial charge >= 0.3 is 0 Å². The number of nitrogens with one attached hydrogen (secondary N) is 3. The average molecular weight is 391 g/mol. The van der Waals surface area contributed by atoms with E-state index in [1.807, 2.05) is 30.5 Å². The largest absolute Gasteiger partial charge is 0.472 e. The highest BCUT2D eigenvalue weighted by molar-refractivity contribution is 6.08. The van der Waals surface area contributed by atoms with Crippen LogP contribution in [0.4, 0.5) is 10.1 Å². The lowest BCUT2D eigenvalue weighted by atomic mass is 10.1. The minimum absolute atomic E-state index is 0.0980. The standard InChI is InChI=1S/C22H18FN3O3/c23-16-5-6-18(20(11-16)26-21(27)15-8-10-29-13-15)22(28)24-9-7-14-12-25-19-4-2-1-3-17(14)19/h1-6,8,10-13,25H,7,9H2,(H,24,28)(H,26,27). The Balaban J connectivity index is 1.44. The molecule has 0 unspecified atom stereocenters. The van der Waals surface area contributed by atoms with E-state index in [0.29, 0.717) is 13.0 Å². The van der Waals surface area contributed by atoms with Crippen molar-refractivity contribution in [3.8, 4) is 0 Å². The lowest BCUT2D eigenvalue weighted by molar-refractivity contribution is 0.0955. The monoisotopic (exact) mass is 391 g/mol. The van der Waals surface area contributed by atoms with Gasteiger partial charge in [-0.1, -0.05) is 18.2 Å². The van der Waals surface area contributed by atoms with Crippen molar-refractivity contribution in [2.24, 2.45) is 0 Å². The summed E-state index contributed by atoms with van der Waals surface area (Å²) in [6.45, 7) is 0.396. The highest BCUT2D eigenvalue weighted by atomic mass is 19.1. The molecular formula is C22H18FN3O3. The molecule has 0 saturated heterocycles. The first-order valence-electron chi connectivity index (χ1n) is 9.08. The number of furan rings is 1. The highest BCUT2D eigenvalue weighted by Crippen LogP contribution is 2.20. The molecule has 0 bridgehead atoms. The van der Waals surface area contributed by atoms with E-state index in [4.69, 9.17) is 4.42 Å². The SMILES string of the molecule is O=C(Nc1cc(F)ccc1C(=O)NCCc1c[nH]c2ccccc12)c1ccoc1. The Hall–Kier alpha value is -3.87. The molecule has 0 fully saturated rings. The van der Waals surface area contributed by atoms with Gasteiger partial charge in [0.2, 0.25) is 0 Å². The van der Waals surface area contributed by atoms with Gasteiger partial charge in [-0.2, -0.15) is 0 Å². The summed E-state index contributed by atoms with van der Waals surface area (Å²) < 4.78 is 18.6. The summed E-state index contributed by atoms with van der Waals surface area (Å²) in [5, 5.41) is 6.49. The lowest BCUT2D eigenvalue weighted by Gasteiger charge is -2.11. The summed E-state index contributed by atoms with van der Waals surface area (Å²) >= 11 is 0. The van der Waals surface area contributed by atoms with Crippen LogP contribution < -0.4 is 10.6 Å². The zero-order chi connectivity index (χ0) is 20.2. The number of amides is 2. The number of hydrogen-bond donors (Lipinski definition) is 3. The van der Waals surface area contributed by atoms with Gasteiger partial charge in [0.05, 0.1) is 23.1 Å². The van der Waals surface area contributed by atoms with Gasteiger partial charge in [0.15, 0.2) is 0 Å². The first kappa shape index (κ1) is 18.5. The van der Waals surface area contributed by atoms with Gasteiger partial charge in [-0.3, -0.25) is 9.59 Å². The molecule has 4 rings (SSSR count). The Labute approximate surface area is 165 Å². The number of H-pyrrole nitrogens is 1. The maximum absolute atomic E-state index is 13.7. The van der Waals surface area contributed by atoms with E-state index in [1.165, 1.54) is 30.7 Å². The third-order valence-corrected chi connectivity index (χ3v) is 4.61. The molecule has 2 amide bonds. The van der Waals surface area contributed by atoms with Crippen LogP contribution in [0.15, 0.2) is 71.7 Å². The molecule has 0 aliphatic carbocycles. The fourth-order valence-electron chi connectivity index (χ4n) is 3.15. The summed E-state index contributed by atoms with van der Waals surface area (Å²) in [5.41, 5.74) is 2.69. The van der Waals surface area contributed by atoms with Crippen molar-refractivity contribution in [2.45, 2.75) is 6.42 Å². The summed E-state index contributed by atoms with van der Waals surface area (Å²) in [6.07, 6.45) is 5.19. The summed E-state index contributed by atoms with van der Waals surface area (Å²) in [7, 11) is 0. The molecule has 3 N–H and O–H groups in total. The van der Waals surface area contributed by atoms with Gasteiger partial charge in [-0.25, -0.2) is 4.39 Å². The number of aromatic amines is 1. The first-order valence-corrected chi connectivity index (χ1v) is 9.08. The van der Waals surface area contributed by atoms with Crippen LogP contribution in [-0.4, -0.2) is 23.3 Å². The Morgan fingerprint density at radius 3 is 2.76 bits per heavy atom.